The molecule has 1 saturated heterocycles. The summed E-state index contributed by atoms with van der Waals surface area (Å²) in [6, 6.07) is 12.2. The van der Waals surface area contributed by atoms with E-state index in [9.17, 15) is 5.11 Å². The van der Waals surface area contributed by atoms with E-state index in [1.165, 1.54) is 4.88 Å². The molecule has 1 N–H and O–H groups in total. The maximum Gasteiger partial charge on any atom is 0.122 e. The second-order valence-electron chi connectivity index (χ2n) is 6.39. The van der Waals surface area contributed by atoms with Crippen LogP contribution < -0.4 is 4.74 Å². The summed E-state index contributed by atoms with van der Waals surface area (Å²) < 4.78 is 5.75. The third-order valence-corrected chi connectivity index (χ3v) is 5.28. The Kier molecular flexibility index (Phi) is 6.26. The molecule has 1 fully saturated rings. The van der Waals surface area contributed by atoms with Crippen LogP contribution in [0, 0.1) is 6.92 Å². The van der Waals surface area contributed by atoms with Gasteiger partial charge in [-0.1, -0.05) is 24.3 Å². The summed E-state index contributed by atoms with van der Waals surface area (Å²) in [5.74, 6) is 0.859. The van der Waals surface area contributed by atoms with Crippen LogP contribution in [-0.2, 0) is 6.54 Å². The highest BCUT2D eigenvalue weighted by atomic mass is 32.1. The van der Waals surface area contributed by atoms with Crippen molar-refractivity contribution in [3.63, 3.8) is 0 Å². The first kappa shape index (κ1) is 17.4. The highest BCUT2D eigenvalue weighted by molar-refractivity contribution is 7.09. The number of benzene rings is 1. The molecule has 0 saturated carbocycles. The highest BCUT2D eigenvalue weighted by Gasteiger charge is 2.19. The van der Waals surface area contributed by atoms with E-state index in [-0.39, 0.29) is 0 Å². The zero-order valence-corrected chi connectivity index (χ0v) is 15.0. The minimum Gasteiger partial charge on any atom is -0.491 e. The molecule has 1 aromatic carbocycles. The third kappa shape index (κ3) is 5.05. The molecular weight excluding hydrogens is 320 g/mol. The quantitative estimate of drug-likeness (QED) is 0.836. The van der Waals surface area contributed by atoms with Gasteiger partial charge in [0.15, 0.2) is 0 Å². The Morgan fingerprint density at radius 2 is 1.83 bits per heavy atom. The molecule has 24 heavy (non-hydrogen) atoms. The first-order chi connectivity index (χ1) is 11.7. The molecule has 130 valence electrons. The molecule has 2 aromatic rings. The molecule has 1 aromatic heterocycles. The predicted molar refractivity (Wildman–Crippen MR) is 98.7 cm³/mol. The van der Waals surface area contributed by atoms with Gasteiger partial charge >= 0.3 is 0 Å². The van der Waals surface area contributed by atoms with Gasteiger partial charge < -0.3 is 9.84 Å². The van der Waals surface area contributed by atoms with E-state index >= 15 is 0 Å². The van der Waals surface area contributed by atoms with Gasteiger partial charge in [-0.05, 0) is 30.0 Å². The molecule has 0 aliphatic carbocycles. The van der Waals surface area contributed by atoms with Crippen LogP contribution in [-0.4, -0.2) is 60.3 Å². The van der Waals surface area contributed by atoms with E-state index in [0.717, 1.165) is 44.0 Å². The number of rotatable bonds is 7. The summed E-state index contributed by atoms with van der Waals surface area (Å²) >= 11 is 1.82. The third-order valence-electron chi connectivity index (χ3n) is 4.42. The molecule has 0 spiro atoms. The molecule has 1 atom stereocenters. The van der Waals surface area contributed by atoms with Crippen LogP contribution in [0.3, 0.4) is 0 Å². The summed E-state index contributed by atoms with van der Waals surface area (Å²) in [7, 11) is 0. The summed E-state index contributed by atoms with van der Waals surface area (Å²) in [6.07, 6.45) is -0.451. The van der Waals surface area contributed by atoms with E-state index in [1.807, 2.05) is 42.5 Å². The van der Waals surface area contributed by atoms with Crippen molar-refractivity contribution < 1.29 is 9.84 Å². The molecule has 5 heteroatoms. The van der Waals surface area contributed by atoms with Gasteiger partial charge in [0.05, 0.1) is 0 Å². The molecule has 1 aliphatic heterocycles. The molecule has 4 nitrogen and oxygen atoms in total. The lowest BCUT2D eigenvalue weighted by molar-refractivity contribution is 0.0447. The summed E-state index contributed by atoms with van der Waals surface area (Å²) in [4.78, 5) is 6.24. The fourth-order valence-electron chi connectivity index (χ4n) is 3.01. The lowest BCUT2D eigenvalue weighted by Crippen LogP contribution is -2.48. The second kappa shape index (κ2) is 8.62. The molecule has 0 amide bonds. The number of aryl methyl sites for hydroxylation is 1. The zero-order valence-electron chi connectivity index (χ0n) is 14.2. The fourth-order valence-corrected chi connectivity index (χ4v) is 3.75. The molecule has 1 aliphatic rings. The van der Waals surface area contributed by atoms with Crippen molar-refractivity contribution in [2.75, 3.05) is 39.3 Å². The van der Waals surface area contributed by atoms with Crippen molar-refractivity contribution in [1.29, 1.82) is 0 Å². The van der Waals surface area contributed by atoms with E-state index in [2.05, 4.69) is 27.3 Å². The van der Waals surface area contributed by atoms with Crippen molar-refractivity contribution in [2.45, 2.75) is 19.6 Å². The topological polar surface area (TPSA) is 35.9 Å². The van der Waals surface area contributed by atoms with Crippen molar-refractivity contribution in [3.05, 3.63) is 52.2 Å². The van der Waals surface area contributed by atoms with Gasteiger partial charge in [-0.2, -0.15) is 0 Å². The number of para-hydroxylation sites is 1. The minimum atomic E-state index is -0.451. The first-order valence-corrected chi connectivity index (χ1v) is 9.42. The van der Waals surface area contributed by atoms with Gasteiger partial charge in [-0.25, -0.2) is 0 Å². The number of thiophene rings is 1. The molecular formula is C19H26N2O2S. The summed E-state index contributed by atoms with van der Waals surface area (Å²) in [5.41, 5.74) is 1.10. The lowest BCUT2D eigenvalue weighted by atomic mass is 10.2. The van der Waals surface area contributed by atoms with Gasteiger partial charge in [0.25, 0.3) is 0 Å². The minimum absolute atomic E-state index is 0.347. The van der Waals surface area contributed by atoms with Gasteiger partial charge in [0.1, 0.15) is 18.5 Å². The summed E-state index contributed by atoms with van der Waals surface area (Å²) in [5, 5.41) is 12.4. The Balaban J connectivity index is 1.37. The van der Waals surface area contributed by atoms with E-state index < -0.39 is 6.10 Å². The average Bonchev–Trinajstić information content (AvgIpc) is 3.09. The number of aliphatic hydroxyl groups excluding tert-OH is 1. The number of β-amino-alcohol motifs (C(OH)–C–C–N with tert-alkyl or cyclic N) is 1. The van der Waals surface area contributed by atoms with Crippen molar-refractivity contribution in [1.82, 2.24) is 9.80 Å². The number of nitrogens with zero attached hydrogens (tertiary/aromatic N) is 2. The normalized spacial score (nSPS) is 17.8. The molecule has 3 rings (SSSR count). The molecule has 2 heterocycles. The van der Waals surface area contributed by atoms with Gasteiger partial charge in [0, 0.05) is 44.1 Å². The molecule has 0 radical (unpaired) electrons. The number of hydrogen-bond acceptors (Lipinski definition) is 5. The Bertz CT molecular complexity index is 610. The Labute approximate surface area is 148 Å². The fraction of sp³-hybridized carbons (Fsp3) is 0.474. The van der Waals surface area contributed by atoms with E-state index in [4.69, 9.17) is 4.74 Å². The Morgan fingerprint density at radius 3 is 2.54 bits per heavy atom. The maximum absolute atomic E-state index is 10.2. The smallest absolute Gasteiger partial charge is 0.122 e. The van der Waals surface area contributed by atoms with Crippen LogP contribution in [0.2, 0.25) is 0 Å². The van der Waals surface area contributed by atoms with Gasteiger partial charge in [-0.3, -0.25) is 9.80 Å². The lowest BCUT2D eigenvalue weighted by Gasteiger charge is -2.35. The van der Waals surface area contributed by atoms with E-state index in [1.54, 1.807) is 0 Å². The standard InChI is InChI=1S/C19H26N2O2S/c1-16-5-2-3-7-19(16)23-15-17(22)13-20-8-10-21(11-9-20)14-18-6-4-12-24-18/h2-7,12,17,22H,8-11,13-15H2,1H3/t17-/m0/s1. The second-order valence-corrected chi connectivity index (χ2v) is 7.42. The number of aliphatic hydroxyl groups is 1. The van der Waals surface area contributed by atoms with Crippen LogP contribution in [0.4, 0.5) is 0 Å². The monoisotopic (exact) mass is 346 g/mol. The largest absolute Gasteiger partial charge is 0.491 e. The Hall–Kier alpha value is -1.40. The Morgan fingerprint density at radius 1 is 1.08 bits per heavy atom. The number of piperazine rings is 1. The van der Waals surface area contributed by atoms with Gasteiger partial charge in [-0.15, -0.1) is 11.3 Å². The predicted octanol–water partition coefficient (Wildman–Crippen LogP) is 2.61. The zero-order chi connectivity index (χ0) is 16.8. The highest BCUT2D eigenvalue weighted by Crippen LogP contribution is 2.17. The van der Waals surface area contributed by atoms with Crippen molar-refractivity contribution in [3.8, 4) is 5.75 Å². The van der Waals surface area contributed by atoms with Crippen LogP contribution in [0.1, 0.15) is 10.4 Å². The van der Waals surface area contributed by atoms with Crippen molar-refractivity contribution >= 4 is 11.3 Å². The molecule has 0 unspecified atom stereocenters. The van der Waals surface area contributed by atoms with E-state index in [0.29, 0.717) is 13.2 Å². The molecule has 0 bridgehead atoms. The van der Waals surface area contributed by atoms with Crippen LogP contribution in [0.25, 0.3) is 0 Å². The maximum atomic E-state index is 10.2. The van der Waals surface area contributed by atoms with Crippen LogP contribution in [0.15, 0.2) is 41.8 Å². The average molecular weight is 346 g/mol. The first-order valence-electron chi connectivity index (χ1n) is 8.54. The van der Waals surface area contributed by atoms with Crippen LogP contribution in [0.5, 0.6) is 5.75 Å². The van der Waals surface area contributed by atoms with Gasteiger partial charge in [0.2, 0.25) is 0 Å². The SMILES string of the molecule is Cc1ccccc1OC[C@@H](O)CN1CCN(Cc2cccs2)CC1. The van der Waals surface area contributed by atoms with Crippen LogP contribution >= 0.6 is 11.3 Å². The number of hydrogen-bond donors (Lipinski definition) is 1. The summed E-state index contributed by atoms with van der Waals surface area (Å²) in [6.45, 7) is 8.23. The van der Waals surface area contributed by atoms with Crippen molar-refractivity contribution in [2.24, 2.45) is 0 Å². The number of ether oxygens (including phenoxy) is 1.